The van der Waals surface area contributed by atoms with Gasteiger partial charge in [0.2, 0.25) is 11.8 Å². The van der Waals surface area contributed by atoms with Crippen molar-refractivity contribution >= 4 is 17.9 Å². The molecular formula is C31H45N3O6. The van der Waals surface area contributed by atoms with Crippen molar-refractivity contribution in [3.63, 3.8) is 0 Å². The van der Waals surface area contributed by atoms with E-state index in [1.807, 2.05) is 20.8 Å². The normalized spacial score (nSPS) is 13.7. The number of phenols is 2. The summed E-state index contributed by atoms with van der Waals surface area (Å²) in [4.78, 5) is 42.7. The van der Waals surface area contributed by atoms with Crippen LogP contribution in [0.5, 0.6) is 11.5 Å². The van der Waals surface area contributed by atoms with E-state index in [1.54, 1.807) is 78.8 Å². The van der Waals surface area contributed by atoms with Crippen LogP contribution in [0.3, 0.4) is 0 Å². The topological polar surface area (TPSA) is 128 Å². The molecule has 9 heteroatoms. The van der Waals surface area contributed by atoms with Crippen LogP contribution in [0.4, 0.5) is 4.79 Å². The molecule has 0 spiro atoms. The van der Waals surface area contributed by atoms with Crippen molar-refractivity contribution in [1.82, 2.24) is 15.5 Å². The molecule has 0 aliphatic rings. The maximum absolute atomic E-state index is 14.5. The third kappa shape index (κ3) is 9.17. The number of aryl methyl sites for hydroxylation is 1. The number of carbonyl (C=O) groups excluding carboxylic acids is 3. The highest BCUT2D eigenvalue weighted by Gasteiger charge is 2.43. The number of hydrogen-bond donors (Lipinski definition) is 4. The first kappa shape index (κ1) is 32.5. The van der Waals surface area contributed by atoms with Gasteiger partial charge in [-0.15, -0.1) is 0 Å². The monoisotopic (exact) mass is 555 g/mol. The summed E-state index contributed by atoms with van der Waals surface area (Å²) < 4.78 is 5.45. The van der Waals surface area contributed by atoms with Gasteiger partial charge in [-0.2, -0.15) is 0 Å². The van der Waals surface area contributed by atoms with Crippen molar-refractivity contribution in [3.8, 4) is 11.5 Å². The number of alkyl carbamates (subject to hydrolysis) is 1. The smallest absolute Gasteiger partial charge is 0.408 e. The van der Waals surface area contributed by atoms with E-state index in [-0.39, 0.29) is 23.5 Å². The fourth-order valence-corrected chi connectivity index (χ4v) is 4.27. The van der Waals surface area contributed by atoms with E-state index in [1.165, 1.54) is 17.0 Å². The average molecular weight is 556 g/mol. The zero-order valence-electron chi connectivity index (χ0n) is 25.4. The van der Waals surface area contributed by atoms with Crippen LogP contribution in [0.15, 0.2) is 42.5 Å². The second-order valence-electron chi connectivity index (χ2n) is 13.1. The van der Waals surface area contributed by atoms with Crippen LogP contribution in [0.25, 0.3) is 0 Å². The van der Waals surface area contributed by atoms with Crippen LogP contribution in [0.1, 0.15) is 85.0 Å². The number of amides is 3. The van der Waals surface area contributed by atoms with Gasteiger partial charge in [-0.1, -0.05) is 30.3 Å². The largest absolute Gasteiger partial charge is 0.508 e. The molecule has 0 saturated heterocycles. The molecular weight excluding hydrogens is 510 g/mol. The molecule has 4 N–H and O–H groups in total. The lowest BCUT2D eigenvalue weighted by Gasteiger charge is -2.44. The summed E-state index contributed by atoms with van der Waals surface area (Å²) in [5, 5.41) is 26.4. The Morgan fingerprint density at radius 1 is 0.900 bits per heavy atom. The Hall–Kier alpha value is -3.75. The van der Waals surface area contributed by atoms with Crippen LogP contribution in [-0.2, 0) is 20.7 Å². The number of aromatic hydroxyl groups is 2. The molecule has 0 aliphatic heterocycles. The minimum absolute atomic E-state index is 0.0666. The molecule has 3 amide bonds. The molecule has 2 rings (SSSR count). The average Bonchev–Trinajstić information content (AvgIpc) is 2.77. The van der Waals surface area contributed by atoms with E-state index in [9.17, 15) is 24.6 Å². The Morgan fingerprint density at radius 2 is 1.48 bits per heavy atom. The van der Waals surface area contributed by atoms with Crippen LogP contribution < -0.4 is 10.6 Å². The van der Waals surface area contributed by atoms with Gasteiger partial charge in [0.25, 0.3) is 0 Å². The fourth-order valence-electron chi connectivity index (χ4n) is 4.27. The van der Waals surface area contributed by atoms with Crippen molar-refractivity contribution in [2.75, 3.05) is 0 Å². The number of nitrogens with zero attached hydrogens (tertiary/aromatic N) is 1. The first-order valence-electron chi connectivity index (χ1n) is 13.4. The Kier molecular flexibility index (Phi) is 9.89. The molecule has 0 aliphatic carbocycles. The molecule has 0 aromatic heterocycles. The van der Waals surface area contributed by atoms with E-state index < -0.39 is 46.7 Å². The third-order valence-corrected chi connectivity index (χ3v) is 5.89. The van der Waals surface area contributed by atoms with E-state index in [0.29, 0.717) is 11.1 Å². The Bertz CT molecular complexity index is 1200. The highest BCUT2D eigenvalue weighted by molar-refractivity contribution is 5.93. The first-order chi connectivity index (χ1) is 18.2. The molecule has 2 aromatic carbocycles. The summed E-state index contributed by atoms with van der Waals surface area (Å²) in [6.07, 6.45) is -0.717. The fraction of sp³-hybridized carbons (Fsp3) is 0.516. The van der Waals surface area contributed by atoms with Gasteiger partial charge >= 0.3 is 6.09 Å². The van der Waals surface area contributed by atoms with Crippen LogP contribution in [-0.4, -0.2) is 55.7 Å². The SMILES string of the molecule is Cc1cccc(C(C(=O)NC(C)(C)C)N(C(=O)C(Cc2ccc(O)cc2)NC(=O)OC(C)(C)C)C(C)(C)C)c1O. The van der Waals surface area contributed by atoms with Crippen LogP contribution >= 0.6 is 0 Å². The van der Waals surface area contributed by atoms with Crippen molar-refractivity contribution in [2.45, 2.75) is 104 Å². The molecule has 2 unspecified atom stereocenters. The summed E-state index contributed by atoms with van der Waals surface area (Å²) in [7, 11) is 0. The number of hydrogen-bond acceptors (Lipinski definition) is 6. The summed E-state index contributed by atoms with van der Waals surface area (Å²) in [5.41, 5.74) is -0.847. The summed E-state index contributed by atoms with van der Waals surface area (Å²) in [6, 6.07) is 9.03. The first-order valence-corrected chi connectivity index (χ1v) is 13.4. The van der Waals surface area contributed by atoms with Gasteiger partial charge in [0, 0.05) is 23.1 Å². The Balaban J connectivity index is 2.69. The summed E-state index contributed by atoms with van der Waals surface area (Å²) in [6.45, 7) is 17.8. The zero-order chi connectivity index (χ0) is 30.6. The second-order valence-corrected chi connectivity index (χ2v) is 13.1. The molecule has 0 heterocycles. The van der Waals surface area contributed by atoms with Crippen LogP contribution in [0, 0.1) is 6.92 Å². The van der Waals surface area contributed by atoms with Crippen molar-refractivity contribution in [1.29, 1.82) is 0 Å². The van der Waals surface area contributed by atoms with E-state index in [0.717, 1.165) is 0 Å². The van der Waals surface area contributed by atoms with E-state index in [4.69, 9.17) is 4.74 Å². The molecule has 0 radical (unpaired) electrons. The lowest BCUT2D eigenvalue weighted by molar-refractivity contribution is -0.149. The predicted octanol–water partition coefficient (Wildman–Crippen LogP) is 5.13. The highest BCUT2D eigenvalue weighted by atomic mass is 16.6. The minimum atomic E-state index is -1.21. The van der Waals surface area contributed by atoms with Gasteiger partial charge < -0.3 is 30.5 Å². The molecule has 220 valence electrons. The van der Waals surface area contributed by atoms with Gasteiger partial charge in [0.05, 0.1) is 0 Å². The molecule has 0 fully saturated rings. The van der Waals surface area contributed by atoms with Gasteiger partial charge in [0.1, 0.15) is 29.2 Å². The quantitative estimate of drug-likeness (QED) is 0.375. The maximum atomic E-state index is 14.5. The predicted molar refractivity (Wildman–Crippen MR) is 155 cm³/mol. The lowest BCUT2D eigenvalue weighted by Crippen LogP contribution is -2.60. The molecule has 40 heavy (non-hydrogen) atoms. The molecule has 0 saturated carbocycles. The highest BCUT2D eigenvalue weighted by Crippen LogP contribution is 2.36. The Morgan fingerprint density at radius 3 is 1.98 bits per heavy atom. The standard InChI is InChI=1S/C31H45N3O6/c1-19-12-11-13-22(25(19)36)24(26(37)33-29(2,3)4)34(30(5,6)7)27(38)23(32-28(39)40-31(8,9)10)18-20-14-16-21(35)17-15-20/h11-17,23-24,35-36H,18H2,1-10H3,(H,32,39)(H,33,37). The number of phenolic OH excluding ortho intramolecular Hbond substituents is 2. The summed E-state index contributed by atoms with van der Waals surface area (Å²) in [5.74, 6) is -1.04. The molecule has 9 nitrogen and oxygen atoms in total. The van der Waals surface area contributed by atoms with Gasteiger partial charge in [-0.05, 0) is 92.5 Å². The van der Waals surface area contributed by atoms with E-state index >= 15 is 0 Å². The summed E-state index contributed by atoms with van der Waals surface area (Å²) >= 11 is 0. The number of nitrogens with one attached hydrogen (secondary N) is 2. The van der Waals surface area contributed by atoms with Gasteiger partial charge in [0.15, 0.2) is 0 Å². The van der Waals surface area contributed by atoms with Gasteiger partial charge in [-0.3, -0.25) is 9.59 Å². The van der Waals surface area contributed by atoms with Crippen molar-refractivity contribution < 1.29 is 29.3 Å². The molecule has 0 bridgehead atoms. The van der Waals surface area contributed by atoms with Crippen LogP contribution in [0.2, 0.25) is 0 Å². The number of para-hydroxylation sites is 1. The molecule has 2 atom stereocenters. The van der Waals surface area contributed by atoms with Crippen molar-refractivity contribution in [3.05, 3.63) is 59.2 Å². The number of ether oxygens (including phenoxy) is 1. The molecule has 2 aromatic rings. The lowest BCUT2D eigenvalue weighted by atomic mass is 9.92. The zero-order valence-corrected chi connectivity index (χ0v) is 25.4. The second kappa shape index (κ2) is 12.2. The van der Waals surface area contributed by atoms with Gasteiger partial charge in [-0.25, -0.2) is 4.79 Å². The number of carbonyl (C=O) groups is 3. The van der Waals surface area contributed by atoms with E-state index in [2.05, 4.69) is 10.6 Å². The van der Waals surface area contributed by atoms with Crippen molar-refractivity contribution in [2.24, 2.45) is 0 Å². The minimum Gasteiger partial charge on any atom is -0.508 e. The third-order valence-electron chi connectivity index (χ3n) is 5.89. The number of rotatable bonds is 7. The Labute approximate surface area is 237 Å². The number of benzene rings is 2. The maximum Gasteiger partial charge on any atom is 0.408 e.